The molecule has 4 aromatic rings. The summed E-state index contributed by atoms with van der Waals surface area (Å²) in [5, 5.41) is 23.6. The summed E-state index contributed by atoms with van der Waals surface area (Å²) in [7, 11) is 0. The Balaban J connectivity index is 1.33. The summed E-state index contributed by atoms with van der Waals surface area (Å²) in [6.07, 6.45) is -1.24. The third kappa shape index (κ3) is 4.93. The topological polar surface area (TPSA) is 162 Å². The number of benzene rings is 4. The molecule has 2 fully saturated rings. The normalized spacial score (nSPS) is 19.3. The Bertz CT molecular complexity index is 1740. The van der Waals surface area contributed by atoms with E-state index in [0.717, 1.165) is 4.90 Å². The van der Waals surface area contributed by atoms with Gasteiger partial charge in [-0.05, 0) is 54.1 Å². The number of carbonyl (C=O) groups is 3. The van der Waals surface area contributed by atoms with Gasteiger partial charge in [-0.15, -0.1) is 0 Å². The summed E-state index contributed by atoms with van der Waals surface area (Å²) in [4.78, 5) is 67.9. The van der Waals surface area contributed by atoms with E-state index in [9.17, 15) is 34.6 Å². The lowest BCUT2D eigenvalue weighted by Crippen LogP contribution is -2.37. The van der Waals surface area contributed by atoms with E-state index in [0.29, 0.717) is 16.8 Å². The van der Waals surface area contributed by atoms with Crippen molar-refractivity contribution >= 4 is 40.5 Å². The lowest BCUT2D eigenvalue weighted by Gasteiger charge is -2.28. The third-order valence-corrected chi connectivity index (χ3v) is 7.19. The molecule has 0 bridgehead atoms. The number of nitro benzene ring substituents is 2. The Morgan fingerprint density at radius 2 is 1.28 bits per heavy atom. The third-order valence-electron chi connectivity index (χ3n) is 7.19. The van der Waals surface area contributed by atoms with Crippen LogP contribution < -0.4 is 14.7 Å². The minimum atomic E-state index is -1.24. The van der Waals surface area contributed by atoms with Gasteiger partial charge in [0.2, 0.25) is 5.91 Å². The van der Waals surface area contributed by atoms with Crippen molar-refractivity contribution in [3.05, 3.63) is 134 Å². The van der Waals surface area contributed by atoms with E-state index < -0.39 is 45.7 Å². The van der Waals surface area contributed by atoms with Crippen molar-refractivity contribution in [2.24, 2.45) is 5.92 Å². The zero-order valence-corrected chi connectivity index (χ0v) is 22.0. The van der Waals surface area contributed by atoms with Gasteiger partial charge in [0.1, 0.15) is 11.7 Å². The number of anilines is 2. The zero-order valence-electron chi connectivity index (χ0n) is 22.0. The Morgan fingerprint density at radius 3 is 1.84 bits per heavy atom. The lowest BCUT2D eigenvalue weighted by atomic mass is 9.90. The Labute approximate surface area is 242 Å². The Morgan fingerprint density at radius 1 is 0.721 bits per heavy atom. The van der Waals surface area contributed by atoms with Crippen LogP contribution in [-0.4, -0.2) is 33.7 Å². The molecular weight excluding hydrogens is 560 g/mol. The molecule has 0 aliphatic carbocycles. The molecular formula is C30H20N4O9. The number of ether oxygens (including phenoxy) is 1. The molecule has 6 rings (SSSR count). The van der Waals surface area contributed by atoms with Gasteiger partial charge < -0.3 is 4.74 Å². The molecule has 3 atom stereocenters. The minimum Gasteiger partial charge on any atom is -0.423 e. The fourth-order valence-corrected chi connectivity index (χ4v) is 5.15. The van der Waals surface area contributed by atoms with Gasteiger partial charge >= 0.3 is 5.97 Å². The van der Waals surface area contributed by atoms with Crippen molar-refractivity contribution < 1.29 is 33.8 Å². The number of hydroxylamine groups is 1. The maximum absolute atomic E-state index is 13.8. The van der Waals surface area contributed by atoms with Gasteiger partial charge in [-0.25, -0.2) is 14.8 Å². The average molecular weight is 581 g/mol. The van der Waals surface area contributed by atoms with E-state index in [1.54, 1.807) is 54.6 Å². The second kappa shape index (κ2) is 10.8. The summed E-state index contributed by atoms with van der Waals surface area (Å²) in [6, 6.07) is 24.4. The number of hydrogen-bond acceptors (Lipinski definition) is 10. The molecule has 13 nitrogen and oxygen atoms in total. The SMILES string of the molecule is O=C(Oc1ccc([C@@H]2[C@@H]3C(=O)N(c4ccc([N+](=O)[O-])cc4)C(=O)[C@H]3ON2c2ccc([N+](=O)[O-])cc2)cc1)c1ccccc1. The molecule has 2 aliphatic heterocycles. The van der Waals surface area contributed by atoms with Crippen LogP contribution in [0.25, 0.3) is 0 Å². The molecule has 43 heavy (non-hydrogen) atoms. The first kappa shape index (κ1) is 27.2. The first-order chi connectivity index (χ1) is 20.7. The Hall–Kier alpha value is -5.95. The van der Waals surface area contributed by atoms with E-state index >= 15 is 0 Å². The van der Waals surface area contributed by atoms with Crippen LogP contribution in [0.4, 0.5) is 22.7 Å². The van der Waals surface area contributed by atoms with Gasteiger partial charge in [-0.1, -0.05) is 30.3 Å². The summed E-state index contributed by atoms with van der Waals surface area (Å²) >= 11 is 0. The predicted octanol–water partition coefficient (Wildman–Crippen LogP) is 4.77. The smallest absolute Gasteiger partial charge is 0.343 e. The fourth-order valence-electron chi connectivity index (χ4n) is 5.15. The molecule has 0 N–H and O–H groups in total. The Kier molecular flexibility index (Phi) is 6.84. The number of rotatable bonds is 7. The first-order valence-electron chi connectivity index (χ1n) is 12.9. The number of hydrogen-bond donors (Lipinski definition) is 0. The maximum atomic E-state index is 13.8. The van der Waals surface area contributed by atoms with Crippen LogP contribution >= 0.6 is 0 Å². The van der Waals surface area contributed by atoms with E-state index in [2.05, 4.69) is 0 Å². The van der Waals surface area contributed by atoms with Gasteiger partial charge in [-0.3, -0.25) is 34.7 Å². The first-order valence-corrected chi connectivity index (χ1v) is 12.9. The van der Waals surface area contributed by atoms with Crippen molar-refractivity contribution in [2.45, 2.75) is 12.1 Å². The van der Waals surface area contributed by atoms with Gasteiger partial charge in [0, 0.05) is 24.3 Å². The highest BCUT2D eigenvalue weighted by Crippen LogP contribution is 2.48. The molecule has 0 unspecified atom stereocenters. The standard InChI is InChI=1S/C30H20N4O9/c35-28-25-26(18-6-16-24(17-7-18)42-30(37)19-4-2-1-3-5-19)32(21-10-14-23(15-11-21)34(40)41)43-27(25)29(36)31(28)20-8-12-22(13-9-20)33(38)39/h1-17,25-27H/t25-,26+,27-/m0/s1. The summed E-state index contributed by atoms with van der Waals surface area (Å²) in [5.74, 6) is -2.59. The van der Waals surface area contributed by atoms with Gasteiger partial charge in [0.05, 0.1) is 32.8 Å². The summed E-state index contributed by atoms with van der Waals surface area (Å²) in [6.45, 7) is 0. The number of carbonyl (C=O) groups excluding carboxylic acids is 3. The van der Waals surface area contributed by atoms with Crippen molar-refractivity contribution in [3.63, 3.8) is 0 Å². The van der Waals surface area contributed by atoms with Crippen LogP contribution in [0.5, 0.6) is 5.75 Å². The molecule has 214 valence electrons. The maximum Gasteiger partial charge on any atom is 0.343 e. The van der Waals surface area contributed by atoms with Crippen molar-refractivity contribution in [3.8, 4) is 5.75 Å². The summed E-state index contributed by atoms with van der Waals surface area (Å²) < 4.78 is 5.47. The molecule has 13 heteroatoms. The highest BCUT2D eigenvalue weighted by Gasteiger charge is 2.60. The van der Waals surface area contributed by atoms with Gasteiger partial charge in [0.15, 0.2) is 6.10 Å². The van der Waals surface area contributed by atoms with Crippen LogP contribution in [0, 0.1) is 26.1 Å². The second-order valence-corrected chi connectivity index (χ2v) is 9.71. The molecule has 0 aromatic heterocycles. The van der Waals surface area contributed by atoms with Crippen LogP contribution in [0.15, 0.2) is 103 Å². The molecule has 2 amide bonds. The molecule has 4 aromatic carbocycles. The minimum absolute atomic E-state index is 0.152. The van der Waals surface area contributed by atoms with Gasteiger partial charge in [-0.2, -0.15) is 0 Å². The molecule has 0 spiro atoms. The van der Waals surface area contributed by atoms with E-state index in [1.807, 2.05) is 0 Å². The average Bonchev–Trinajstić information content (AvgIpc) is 3.53. The van der Waals surface area contributed by atoms with E-state index in [-0.39, 0.29) is 22.8 Å². The molecule has 2 aliphatic rings. The quantitative estimate of drug-likeness (QED) is 0.0978. The number of amides is 2. The lowest BCUT2D eigenvalue weighted by molar-refractivity contribution is -0.385. The number of nitrogens with zero attached hydrogens (tertiary/aromatic N) is 4. The zero-order chi connectivity index (χ0) is 30.2. The van der Waals surface area contributed by atoms with Crippen LogP contribution in [-0.2, 0) is 14.4 Å². The summed E-state index contributed by atoms with van der Waals surface area (Å²) in [5.41, 5.74) is 1.08. The van der Waals surface area contributed by atoms with E-state index in [4.69, 9.17) is 9.57 Å². The highest BCUT2D eigenvalue weighted by molar-refractivity contribution is 6.24. The molecule has 0 saturated carbocycles. The number of non-ortho nitro benzene ring substituents is 2. The number of nitro groups is 2. The molecule has 2 saturated heterocycles. The van der Waals surface area contributed by atoms with Crippen molar-refractivity contribution in [2.75, 3.05) is 9.96 Å². The van der Waals surface area contributed by atoms with Crippen molar-refractivity contribution in [1.29, 1.82) is 0 Å². The number of esters is 1. The number of fused-ring (bicyclic) bond motifs is 1. The van der Waals surface area contributed by atoms with Gasteiger partial charge in [0.25, 0.3) is 17.3 Å². The predicted molar refractivity (Wildman–Crippen MR) is 150 cm³/mol. The fraction of sp³-hybridized carbons (Fsp3) is 0.100. The van der Waals surface area contributed by atoms with Crippen molar-refractivity contribution in [1.82, 2.24) is 0 Å². The molecule has 2 heterocycles. The second-order valence-electron chi connectivity index (χ2n) is 9.71. The monoisotopic (exact) mass is 580 g/mol. The van der Waals surface area contributed by atoms with Crippen LogP contribution in [0.1, 0.15) is 22.0 Å². The largest absolute Gasteiger partial charge is 0.423 e. The van der Waals surface area contributed by atoms with Crippen LogP contribution in [0.3, 0.4) is 0 Å². The van der Waals surface area contributed by atoms with E-state index in [1.165, 1.54) is 53.6 Å². The molecule has 0 radical (unpaired) electrons. The van der Waals surface area contributed by atoms with Crippen LogP contribution in [0.2, 0.25) is 0 Å². The number of imide groups is 1. The highest BCUT2D eigenvalue weighted by atomic mass is 16.7.